The van der Waals surface area contributed by atoms with Gasteiger partial charge in [-0.3, -0.25) is 4.79 Å². The molecule has 2 bridgehead atoms. The predicted octanol–water partition coefficient (Wildman–Crippen LogP) is 5.73. The number of halogens is 1. The lowest BCUT2D eigenvalue weighted by atomic mass is 9.88. The van der Waals surface area contributed by atoms with Crippen molar-refractivity contribution in [1.29, 1.82) is 0 Å². The molecule has 1 amide bonds. The van der Waals surface area contributed by atoms with Crippen LogP contribution in [0.2, 0.25) is 5.02 Å². The number of fused-ring (bicyclic) bond motifs is 3. The van der Waals surface area contributed by atoms with Crippen molar-refractivity contribution in [1.82, 2.24) is 20.2 Å². The van der Waals surface area contributed by atoms with Crippen LogP contribution in [0, 0.1) is 6.92 Å². The van der Waals surface area contributed by atoms with E-state index in [1.54, 1.807) is 22.7 Å². The van der Waals surface area contributed by atoms with Crippen LogP contribution >= 0.6 is 34.3 Å². The fraction of sp³-hybridized carbons (Fsp3) is 0.542. The van der Waals surface area contributed by atoms with Gasteiger partial charge < -0.3 is 10.2 Å². The molecule has 1 N–H and O–H groups in total. The van der Waals surface area contributed by atoms with E-state index in [4.69, 9.17) is 16.6 Å². The van der Waals surface area contributed by atoms with Crippen LogP contribution in [0.3, 0.4) is 0 Å². The number of aryl methyl sites for hydroxylation is 1. The molecule has 2 saturated heterocycles. The quantitative estimate of drug-likeness (QED) is 0.511. The summed E-state index contributed by atoms with van der Waals surface area (Å²) in [7, 11) is 1.96. The van der Waals surface area contributed by atoms with Gasteiger partial charge in [0, 0.05) is 46.8 Å². The van der Waals surface area contributed by atoms with Gasteiger partial charge in [0.25, 0.3) is 5.91 Å². The number of carbonyl (C=O) groups is 1. The molecule has 3 aromatic rings. The maximum atomic E-state index is 13.4. The predicted molar refractivity (Wildman–Crippen MR) is 131 cm³/mol. The van der Waals surface area contributed by atoms with E-state index in [2.05, 4.69) is 28.7 Å². The van der Waals surface area contributed by atoms with Crippen LogP contribution in [0.15, 0.2) is 17.5 Å². The van der Waals surface area contributed by atoms with Crippen LogP contribution in [0.25, 0.3) is 10.2 Å². The number of nitrogens with zero attached hydrogens (tertiary/aromatic N) is 3. The van der Waals surface area contributed by atoms with E-state index < -0.39 is 0 Å². The molecule has 0 aromatic carbocycles. The van der Waals surface area contributed by atoms with Crippen LogP contribution in [-0.4, -0.2) is 45.4 Å². The van der Waals surface area contributed by atoms with Gasteiger partial charge in [-0.25, -0.2) is 9.97 Å². The second-order valence-corrected chi connectivity index (χ2v) is 12.4. The largest absolute Gasteiger partial charge is 0.338 e. The fourth-order valence-corrected chi connectivity index (χ4v) is 8.29. The maximum Gasteiger partial charge on any atom is 0.263 e. The van der Waals surface area contributed by atoms with Gasteiger partial charge in [0.2, 0.25) is 0 Å². The fourth-order valence-electron chi connectivity index (χ4n) is 5.83. The molecule has 3 aliphatic rings. The summed E-state index contributed by atoms with van der Waals surface area (Å²) in [5.74, 6) is 1.62. The van der Waals surface area contributed by atoms with E-state index in [-0.39, 0.29) is 17.5 Å². The number of thiophene rings is 2. The SMILES string of the molecule is Cc1nc([C@H]2C[C@@H]2c2sc(C(=O)N(C)[C@H]3C[C@@H]4CC[C@](C)(C3)N4)cc2Cl)c2ccsc2n1. The highest BCUT2D eigenvalue weighted by molar-refractivity contribution is 7.16. The summed E-state index contributed by atoms with van der Waals surface area (Å²) in [6, 6.07) is 4.83. The smallest absolute Gasteiger partial charge is 0.263 e. The summed E-state index contributed by atoms with van der Waals surface area (Å²) in [6.45, 7) is 4.25. The zero-order valence-electron chi connectivity index (χ0n) is 18.5. The lowest BCUT2D eigenvalue weighted by molar-refractivity contribution is 0.0653. The molecular formula is C24H27ClN4OS2. The average molecular weight is 487 g/mol. The summed E-state index contributed by atoms with van der Waals surface area (Å²) in [5.41, 5.74) is 1.30. The molecule has 0 spiro atoms. The minimum absolute atomic E-state index is 0.105. The van der Waals surface area contributed by atoms with Crippen LogP contribution < -0.4 is 5.32 Å². The Bertz CT molecular complexity index is 1220. The molecule has 1 aliphatic carbocycles. The molecule has 32 heavy (non-hydrogen) atoms. The second-order valence-electron chi connectivity index (χ2n) is 10.0. The highest BCUT2D eigenvalue weighted by Crippen LogP contribution is 2.58. The van der Waals surface area contributed by atoms with Gasteiger partial charge in [-0.15, -0.1) is 22.7 Å². The van der Waals surface area contributed by atoms with Gasteiger partial charge in [-0.2, -0.15) is 0 Å². The van der Waals surface area contributed by atoms with Gasteiger partial charge in [-0.1, -0.05) is 11.6 Å². The molecule has 168 valence electrons. The third-order valence-corrected chi connectivity index (χ3v) is 10.1. The third kappa shape index (κ3) is 3.49. The lowest BCUT2D eigenvalue weighted by Crippen LogP contribution is -2.54. The first kappa shape index (κ1) is 21.0. The number of hydrogen-bond donors (Lipinski definition) is 1. The first-order valence-electron chi connectivity index (χ1n) is 11.4. The van der Waals surface area contributed by atoms with Crippen molar-refractivity contribution in [3.63, 3.8) is 0 Å². The van der Waals surface area contributed by atoms with Crippen molar-refractivity contribution in [2.75, 3.05) is 7.05 Å². The van der Waals surface area contributed by atoms with Crippen molar-refractivity contribution >= 4 is 50.4 Å². The minimum atomic E-state index is 0.105. The number of nitrogens with one attached hydrogen (secondary N) is 1. The number of piperidine rings is 1. The number of aromatic nitrogens is 2. The van der Waals surface area contributed by atoms with Gasteiger partial charge in [0.15, 0.2) is 0 Å². The molecule has 1 saturated carbocycles. The minimum Gasteiger partial charge on any atom is -0.338 e. The van der Waals surface area contributed by atoms with Crippen LogP contribution in [0.4, 0.5) is 0 Å². The topological polar surface area (TPSA) is 58.1 Å². The Hall–Kier alpha value is -1.54. The van der Waals surface area contributed by atoms with Gasteiger partial charge in [0.1, 0.15) is 10.7 Å². The number of amides is 1. The molecule has 3 fully saturated rings. The maximum absolute atomic E-state index is 13.4. The van der Waals surface area contributed by atoms with Crippen LogP contribution in [0.1, 0.15) is 76.9 Å². The highest BCUT2D eigenvalue weighted by atomic mass is 35.5. The summed E-state index contributed by atoms with van der Waals surface area (Å²) >= 11 is 9.91. The summed E-state index contributed by atoms with van der Waals surface area (Å²) in [4.78, 5) is 27.6. The molecule has 5 nitrogen and oxygen atoms in total. The van der Waals surface area contributed by atoms with E-state index in [0.717, 1.165) is 55.8 Å². The van der Waals surface area contributed by atoms with Gasteiger partial charge in [-0.05, 0) is 63.5 Å². The lowest BCUT2D eigenvalue weighted by Gasteiger charge is -2.40. The molecule has 8 heteroatoms. The van der Waals surface area contributed by atoms with Crippen molar-refractivity contribution < 1.29 is 4.79 Å². The van der Waals surface area contributed by atoms with Crippen molar-refractivity contribution in [3.05, 3.63) is 43.8 Å². The first-order chi connectivity index (χ1) is 15.3. The summed E-state index contributed by atoms with van der Waals surface area (Å²) in [5, 5.41) is 7.70. The van der Waals surface area contributed by atoms with Crippen molar-refractivity contribution in [2.45, 2.75) is 75.4 Å². The summed E-state index contributed by atoms with van der Waals surface area (Å²) < 4.78 is 0. The molecule has 6 rings (SSSR count). The van der Waals surface area contributed by atoms with Crippen LogP contribution in [0.5, 0.6) is 0 Å². The Kier molecular flexibility index (Phi) is 4.92. The monoisotopic (exact) mass is 486 g/mol. The first-order valence-corrected chi connectivity index (χ1v) is 13.4. The average Bonchev–Trinajstić information content (AvgIpc) is 3.07. The van der Waals surface area contributed by atoms with Gasteiger partial charge in [0.05, 0.1) is 15.6 Å². The number of carbonyl (C=O) groups excluding carboxylic acids is 1. The van der Waals surface area contributed by atoms with Crippen molar-refractivity contribution in [3.8, 4) is 0 Å². The van der Waals surface area contributed by atoms with Gasteiger partial charge >= 0.3 is 0 Å². The van der Waals surface area contributed by atoms with E-state index in [0.29, 0.717) is 17.9 Å². The normalized spacial score (nSPS) is 31.2. The van der Waals surface area contributed by atoms with E-state index in [1.165, 1.54) is 12.8 Å². The highest BCUT2D eigenvalue weighted by Gasteiger charge is 2.46. The molecule has 3 aromatic heterocycles. The zero-order chi connectivity index (χ0) is 22.2. The molecule has 0 radical (unpaired) electrons. The zero-order valence-corrected chi connectivity index (χ0v) is 20.9. The Balaban J connectivity index is 1.22. The summed E-state index contributed by atoms with van der Waals surface area (Å²) in [6.07, 6.45) is 5.50. The Morgan fingerprint density at radius 3 is 2.97 bits per heavy atom. The number of hydrogen-bond acceptors (Lipinski definition) is 6. The van der Waals surface area contributed by atoms with Crippen molar-refractivity contribution in [2.24, 2.45) is 0 Å². The molecule has 0 unspecified atom stereocenters. The third-order valence-electron chi connectivity index (χ3n) is 7.58. The Morgan fingerprint density at radius 2 is 2.16 bits per heavy atom. The van der Waals surface area contributed by atoms with E-state index in [9.17, 15) is 4.79 Å². The molecule has 5 atom stereocenters. The second kappa shape index (κ2) is 7.49. The Labute approximate surface area is 201 Å². The standard InChI is InChI=1S/C24H27ClN4OS2/c1-12-26-20(15-5-7-31-22(15)27-12)16-9-17(16)21-18(25)10-19(32-21)23(30)29(3)14-8-13-4-6-24(2,11-14)28-13/h5,7,10,13-14,16-17,28H,4,6,8-9,11H2,1-3H3/t13-,14-,16-,17-,24+/m0/s1. The van der Waals surface area contributed by atoms with E-state index in [1.807, 2.05) is 24.9 Å². The molecule has 2 aliphatic heterocycles. The molecular weight excluding hydrogens is 460 g/mol. The molecule has 5 heterocycles. The number of rotatable bonds is 4. The Morgan fingerprint density at radius 1 is 1.31 bits per heavy atom. The van der Waals surface area contributed by atoms with E-state index >= 15 is 0 Å². The van der Waals surface area contributed by atoms with Crippen LogP contribution in [-0.2, 0) is 0 Å².